The monoisotopic (exact) mass is 864 g/mol. The van der Waals surface area contributed by atoms with Crippen LogP contribution in [0.4, 0.5) is 16.2 Å². The largest absolute Gasteiger partial charge is 0.506 e. The Bertz CT molecular complexity index is 2590. The maximum absolute atomic E-state index is 13.2. The summed E-state index contributed by atoms with van der Waals surface area (Å²) in [5.41, 5.74) is 7.44. The van der Waals surface area contributed by atoms with Gasteiger partial charge in [-0.3, -0.25) is 19.7 Å². The molecular weight excluding hydrogens is 809 g/mol. The summed E-state index contributed by atoms with van der Waals surface area (Å²) in [6.45, 7) is 3.85. The molecule has 1 aliphatic rings. The van der Waals surface area contributed by atoms with Gasteiger partial charge in [-0.25, -0.2) is 4.79 Å². The number of pyridine rings is 1. The average Bonchev–Trinajstić information content (AvgIpc) is 3.31. The smallest absolute Gasteiger partial charge is 0.411 e. The number of phenolic OH excluding ortho intramolecular Hbond substituents is 1. The zero-order valence-electron chi connectivity index (χ0n) is 36.4. The molecule has 1 saturated heterocycles. The zero-order valence-corrected chi connectivity index (χ0v) is 36.4. The molecule has 7 rings (SSSR count). The minimum atomic E-state index is -0.465. The molecule has 1 fully saturated rings. The van der Waals surface area contributed by atoms with Crippen LogP contribution in [0, 0.1) is 0 Å². The molecule has 13 heteroatoms. The van der Waals surface area contributed by atoms with Crippen LogP contribution in [0.1, 0.15) is 41.5 Å². The lowest BCUT2D eigenvalue weighted by molar-refractivity contribution is -0.120. The standard InChI is InChI=1S/C51H56N6O7/c1-56(49(61)26-31-57-29-24-41(25-30-57)64-51(62)54-44-11-7-6-10-42(44)37-8-4-3-5-9-37)40-16-12-35(13-17-40)34-53-48(60)33-36-14-20-46(63-2)39(32-36)23-28-52-27-22-38-15-19-45(58)50-43(38)18-21-47(59)55-50/h3-21,32,41,52,58H,22-31,33-34H2,1-2H3,(H,53,60)(H,54,62)(H,55,59). The van der Waals surface area contributed by atoms with Crippen LogP contribution in [0.2, 0.25) is 0 Å². The minimum Gasteiger partial charge on any atom is -0.506 e. The van der Waals surface area contributed by atoms with Gasteiger partial charge >= 0.3 is 6.09 Å². The van der Waals surface area contributed by atoms with Crippen molar-refractivity contribution in [3.8, 4) is 22.6 Å². The second-order valence-corrected chi connectivity index (χ2v) is 16.1. The molecule has 332 valence electrons. The molecular formula is C51H56N6O7. The second kappa shape index (κ2) is 21.9. The summed E-state index contributed by atoms with van der Waals surface area (Å²) in [5.74, 6) is 0.719. The Hall–Kier alpha value is -6.96. The third-order valence-corrected chi connectivity index (χ3v) is 11.7. The van der Waals surface area contributed by atoms with Crippen LogP contribution in [0.3, 0.4) is 0 Å². The Balaban J connectivity index is 0.794. The highest BCUT2D eigenvalue weighted by atomic mass is 16.6. The third-order valence-electron chi connectivity index (χ3n) is 11.7. The average molecular weight is 865 g/mol. The van der Waals surface area contributed by atoms with E-state index in [1.807, 2.05) is 103 Å². The van der Waals surface area contributed by atoms with Crippen LogP contribution < -0.4 is 31.1 Å². The number of piperidine rings is 1. The van der Waals surface area contributed by atoms with Crippen molar-refractivity contribution in [1.29, 1.82) is 0 Å². The molecule has 64 heavy (non-hydrogen) atoms. The molecule has 6 aromatic rings. The summed E-state index contributed by atoms with van der Waals surface area (Å²) in [7, 11) is 3.41. The lowest BCUT2D eigenvalue weighted by Gasteiger charge is -2.31. The van der Waals surface area contributed by atoms with Gasteiger partial charge in [0.2, 0.25) is 17.4 Å². The molecule has 2 heterocycles. The fourth-order valence-corrected chi connectivity index (χ4v) is 8.08. The number of aromatic hydroxyl groups is 1. The molecule has 0 aliphatic carbocycles. The first-order chi connectivity index (χ1) is 31.1. The Morgan fingerprint density at radius 3 is 2.31 bits per heavy atom. The lowest BCUT2D eigenvalue weighted by atomic mass is 10.0. The van der Waals surface area contributed by atoms with E-state index in [-0.39, 0.29) is 35.6 Å². The van der Waals surface area contributed by atoms with Gasteiger partial charge in [-0.15, -0.1) is 0 Å². The number of aromatic amines is 1. The van der Waals surface area contributed by atoms with Crippen molar-refractivity contribution in [2.45, 2.75) is 51.2 Å². The molecule has 0 spiro atoms. The van der Waals surface area contributed by atoms with E-state index in [0.717, 1.165) is 63.3 Å². The van der Waals surface area contributed by atoms with E-state index in [1.165, 1.54) is 6.07 Å². The molecule has 1 aliphatic heterocycles. The Morgan fingerprint density at radius 1 is 0.828 bits per heavy atom. The maximum Gasteiger partial charge on any atom is 0.411 e. The number of carbonyl (C=O) groups is 3. The van der Waals surface area contributed by atoms with Crippen LogP contribution in [0.5, 0.6) is 11.5 Å². The number of aromatic nitrogens is 1. The van der Waals surface area contributed by atoms with Crippen LogP contribution in [-0.4, -0.2) is 85.9 Å². The second-order valence-electron chi connectivity index (χ2n) is 16.1. The molecule has 5 aromatic carbocycles. The summed E-state index contributed by atoms with van der Waals surface area (Å²) in [6.07, 6.45) is 2.75. The molecule has 3 amide bonds. The molecule has 0 atom stereocenters. The normalized spacial score (nSPS) is 13.0. The predicted molar refractivity (Wildman–Crippen MR) is 251 cm³/mol. The van der Waals surface area contributed by atoms with Crippen molar-refractivity contribution < 1.29 is 29.0 Å². The summed E-state index contributed by atoms with van der Waals surface area (Å²) < 4.78 is 11.4. The first-order valence-electron chi connectivity index (χ1n) is 21.8. The van der Waals surface area contributed by atoms with Gasteiger partial charge in [0, 0.05) is 62.4 Å². The Kier molecular flexibility index (Phi) is 15.4. The van der Waals surface area contributed by atoms with Gasteiger partial charge in [0.25, 0.3) is 0 Å². The highest BCUT2D eigenvalue weighted by Crippen LogP contribution is 2.29. The number of rotatable bonds is 18. The number of amides is 3. The van der Waals surface area contributed by atoms with Gasteiger partial charge in [0.15, 0.2) is 0 Å². The minimum absolute atomic E-state index is 0.00732. The number of fused-ring (bicyclic) bond motifs is 1. The van der Waals surface area contributed by atoms with E-state index in [4.69, 9.17) is 9.47 Å². The maximum atomic E-state index is 13.2. The fraction of sp³-hybridized carbons (Fsp3) is 0.294. The highest BCUT2D eigenvalue weighted by Gasteiger charge is 2.24. The van der Waals surface area contributed by atoms with Crippen LogP contribution >= 0.6 is 0 Å². The molecule has 0 bridgehead atoms. The van der Waals surface area contributed by atoms with E-state index < -0.39 is 6.09 Å². The summed E-state index contributed by atoms with van der Waals surface area (Å²) in [6, 6.07) is 37.7. The summed E-state index contributed by atoms with van der Waals surface area (Å²) in [4.78, 5) is 57.3. The number of methoxy groups -OCH3 is 1. The van der Waals surface area contributed by atoms with Crippen molar-refractivity contribution in [2.24, 2.45) is 0 Å². The Labute approximate surface area is 373 Å². The predicted octanol–water partition coefficient (Wildman–Crippen LogP) is 7.21. The molecule has 0 unspecified atom stereocenters. The molecule has 13 nitrogen and oxygen atoms in total. The highest BCUT2D eigenvalue weighted by molar-refractivity contribution is 5.93. The molecule has 0 saturated carbocycles. The number of para-hydroxylation sites is 1. The number of nitrogens with zero attached hydrogens (tertiary/aromatic N) is 2. The van der Waals surface area contributed by atoms with Crippen molar-refractivity contribution in [3.63, 3.8) is 0 Å². The number of H-pyrrole nitrogens is 1. The third kappa shape index (κ3) is 12.1. The van der Waals surface area contributed by atoms with Gasteiger partial charge in [-0.1, -0.05) is 78.9 Å². The van der Waals surface area contributed by atoms with Gasteiger partial charge < -0.3 is 40.0 Å². The number of phenols is 1. The van der Waals surface area contributed by atoms with Gasteiger partial charge in [0.1, 0.15) is 17.6 Å². The molecule has 1 aromatic heterocycles. The molecule has 5 N–H and O–H groups in total. The van der Waals surface area contributed by atoms with Crippen LogP contribution in [0.15, 0.2) is 126 Å². The number of hydrogen-bond donors (Lipinski definition) is 5. The summed E-state index contributed by atoms with van der Waals surface area (Å²) >= 11 is 0. The van der Waals surface area contributed by atoms with Crippen LogP contribution in [-0.2, 0) is 40.1 Å². The van der Waals surface area contributed by atoms with E-state index in [2.05, 4.69) is 25.8 Å². The molecule has 0 radical (unpaired) electrons. The first-order valence-corrected chi connectivity index (χ1v) is 21.8. The van der Waals surface area contributed by atoms with E-state index in [1.54, 1.807) is 31.2 Å². The number of ether oxygens (including phenoxy) is 2. The van der Waals surface area contributed by atoms with E-state index in [9.17, 15) is 24.3 Å². The lowest BCUT2D eigenvalue weighted by Crippen LogP contribution is -2.40. The van der Waals surface area contributed by atoms with Crippen molar-refractivity contribution >= 4 is 40.2 Å². The number of anilines is 2. The summed E-state index contributed by atoms with van der Waals surface area (Å²) in [5, 5.41) is 20.4. The number of hydrogen-bond acceptors (Lipinski definition) is 9. The van der Waals surface area contributed by atoms with Crippen LogP contribution in [0.25, 0.3) is 22.0 Å². The van der Waals surface area contributed by atoms with E-state index >= 15 is 0 Å². The van der Waals surface area contributed by atoms with Gasteiger partial charge in [-0.05, 0) is 103 Å². The van der Waals surface area contributed by atoms with Gasteiger partial charge in [0.05, 0.1) is 24.7 Å². The number of benzene rings is 5. The van der Waals surface area contributed by atoms with Crippen molar-refractivity contribution in [3.05, 3.63) is 154 Å². The fourth-order valence-electron chi connectivity index (χ4n) is 8.08. The Morgan fingerprint density at radius 2 is 1.55 bits per heavy atom. The van der Waals surface area contributed by atoms with E-state index in [0.29, 0.717) is 69.5 Å². The van der Waals surface area contributed by atoms with Crippen molar-refractivity contribution in [1.82, 2.24) is 20.5 Å². The van der Waals surface area contributed by atoms with Crippen molar-refractivity contribution in [2.75, 3.05) is 57.1 Å². The first kappa shape index (κ1) is 45.1. The van der Waals surface area contributed by atoms with Gasteiger partial charge in [-0.2, -0.15) is 0 Å². The zero-order chi connectivity index (χ0) is 44.8. The number of likely N-dealkylation sites (tertiary alicyclic amines) is 1. The quantitative estimate of drug-likeness (QED) is 0.0562. The topological polar surface area (TPSA) is 165 Å². The number of nitrogens with one attached hydrogen (secondary N) is 4. The SMILES string of the molecule is COc1ccc(CC(=O)NCc2ccc(N(C)C(=O)CCN3CCC(OC(=O)Nc4ccccc4-c4ccccc4)CC3)cc2)cc1CCNCCc1ccc(O)c2[nH]c(=O)ccc12. The number of carbonyl (C=O) groups excluding carboxylic acids is 3.